The summed E-state index contributed by atoms with van der Waals surface area (Å²) in [6.07, 6.45) is 2.19. The predicted octanol–water partition coefficient (Wildman–Crippen LogP) is 3.27. The van der Waals surface area contributed by atoms with Crippen LogP contribution in [0, 0.1) is 0 Å². The number of carbonyl (C=O) groups excluding carboxylic acids is 1. The summed E-state index contributed by atoms with van der Waals surface area (Å²) in [5.74, 6) is 0.114. The van der Waals surface area contributed by atoms with Crippen molar-refractivity contribution < 1.29 is 14.3 Å². The summed E-state index contributed by atoms with van der Waals surface area (Å²) < 4.78 is 11.1. The van der Waals surface area contributed by atoms with Gasteiger partial charge in [0.1, 0.15) is 18.0 Å². The number of guanidine groups is 1. The van der Waals surface area contributed by atoms with E-state index in [2.05, 4.69) is 9.98 Å². The van der Waals surface area contributed by atoms with Crippen LogP contribution in [0.2, 0.25) is 0 Å². The molecule has 0 atom stereocenters. The van der Waals surface area contributed by atoms with E-state index in [1.807, 2.05) is 54.6 Å². The molecule has 2 aromatic carbocycles. The highest BCUT2D eigenvalue weighted by Crippen LogP contribution is 2.30. The van der Waals surface area contributed by atoms with E-state index in [4.69, 9.17) is 20.9 Å². The first kappa shape index (κ1) is 20.0. The van der Waals surface area contributed by atoms with Crippen LogP contribution in [-0.4, -0.2) is 23.5 Å². The molecule has 0 saturated carbocycles. The van der Waals surface area contributed by atoms with E-state index in [-0.39, 0.29) is 18.3 Å². The Labute approximate surface area is 169 Å². The Kier molecular flexibility index (Phi) is 6.52. The standard InChI is InChI=1S/C22H24N4O3/c1-2-28-21(27)20-19(26-22(23)24)17(13-25-20)12-16-10-6-7-11-18(16)29-14-15-8-4-3-5-9-15/h3-11,13,25H,2,12,14H2,1H3,(H4,23,24,26). The lowest BCUT2D eigenvalue weighted by Crippen LogP contribution is -2.22. The Hall–Kier alpha value is -3.74. The Morgan fingerprint density at radius 2 is 1.76 bits per heavy atom. The molecule has 150 valence electrons. The Bertz CT molecular complexity index is 992. The molecule has 5 N–H and O–H groups in total. The second-order valence-corrected chi connectivity index (χ2v) is 6.35. The molecule has 3 rings (SSSR count). The smallest absolute Gasteiger partial charge is 0.357 e. The molecule has 29 heavy (non-hydrogen) atoms. The molecular formula is C22H24N4O3. The summed E-state index contributed by atoms with van der Waals surface area (Å²) in [5, 5.41) is 0. The number of nitrogens with two attached hydrogens (primary N) is 2. The zero-order chi connectivity index (χ0) is 20.6. The fourth-order valence-corrected chi connectivity index (χ4v) is 2.94. The number of aromatic nitrogens is 1. The molecule has 1 heterocycles. The van der Waals surface area contributed by atoms with Crippen LogP contribution < -0.4 is 16.2 Å². The highest BCUT2D eigenvalue weighted by atomic mass is 16.5. The van der Waals surface area contributed by atoms with Crippen molar-refractivity contribution in [3.05, 3.63) is 83.2 Å². The molecule has 0 aliphatic rings. The number of carbonyl (C=O) groups is 1. The first-order chi connectivity index (χ1) is 14.1. The number of ether oxygens (including phenoxy) is 2. The van der Waals surface area contributed by atoms with Gasteiger partial charge in [0.15, 0.2) is 11.7 Å². The first-order valence-corrected chi connectivity index (χ1v) is 9.30. The van der Waals surface area contributed by atoms with Crippen LogP contribution in [0.1, 0.15) is 34.1 Å². The number of aromatic amines is 1. The molecule has 7 heteroatoms. The molecule has 0 bridgehead atoms. The molecule has 0 amide bonds. The minimum atomic E-state index is -0.507. The van der Waals surface area contributed by atoms with E-state index < -0.39 is 5.97 Å². The number of para-hydroxylation sites is 1. The van der Waals surface area contributed by atoms with Crippen LogP contribution >= 0.6 is 0 Å². The second kappa shape index (κ2) is 9.45. The molecule has 0 aliphatic heterocycles. The van der Waals surface area contributed by atoms with Crippen LogP contribution in [-0.2, 0) is 17.8 Å². The van der Waals surface area contributed by atoms with Crippen LogP contribution in [0.25, 0.3) is 0 Å². The topological polar surface area (TPSA) is 116 Å². The zero-order valence-electron chi connectivity index (χ0n) is 16.2. The number of hydrogen-bond donors (Lipinski definition) is 3. The fraction of sp³-hybridized carbons (Fsp3) is 0.182. The van der Waals surface area contributed by atoms with Crippen molar-refractivity contribution in [1.82, 2.24) is 4.98 Å². The Morgan fingerprint density at radius 3 is 2.48 bits per heavy atom. The van der Waals surface area contributed by atoms with E-state index in [1.54, 1.807) is 13.1 Å². The van der Waals surface area contributed by atoms with Gasteiger partial charge in [-0.2, -0.15) is 0 Å². The van der Waals surface area contributed by atoms with Gasteiger partial charge in [-0.25, -0.2) is 9.79 Å². The van der Waals surface area contributed by atoms with Crippen molar-refractivity contribution in [1.29, 1.82) is 0 Å². The third-order valence-electron chi connectivity index (χ3n) is 4.24. The molecule has 0 unspecified atom stereocenters. The Balaban J connectivity index is 1.86. The molecular weight excluding hydrogens is 368 g/mol. The summed E-state index contributed by atoms with van der Waals surface area (Å²) in [6.45, 7) is 2.45. The van der Waals surface area contributed by atoms with Gasteiger partial charge in [0.2, 0.25) is 0 Å². The SMILES string of the molecule is CCOC(=O)c1[nH]cc(Cc2ccccc2OCc2ccccc2)c1N=C(N)N. The van der Waals surface area contributed by atoms with Crippen molar-refractivity contribution in [2.45, 2.75) is 20.0 Å². The van der Waals surface area contributed by atoms with Gasteiger partial charge in [-0.1, -0.05) is 48.5 Å². The van der Waals surface area contributed by atoms with Crippen molar-refractivity contribution in [2.24, 2.45) is 16.5 Å². The number of aliphatic imine (C=N–C) groups is 1. The minimum Gasteiger partial charge on any atom is -0.489 e. The quantitative estimate of drug-likeness (QED) is 0.309. The average Bonchev–Trinajstić information content (AvgIpc) is 3.10. The first-order valence-electron chi connectivity index (χ1n) is 9.30. The maximum atomic E-state index is 12.2. The lowest BCUT2D eigenvalue weighted by molar-refractivity contribution is 0.0521. The van der Waals surface area contributed by atoms with Crippen LogP contribution in [0.15, 0.2) is 65.8 Å². The highest BCUT2D eigenvalue weighted by Gasteiger charge is 2.20. The molecule has 3 aromatic rings. The number of nitrogens with zero attached hydrogens (tertiary/aromatic N) is 1. The lowest BCUT2D eigenvalue weighted by atomic mass is 10.0. The fourth-order valence-electron chi connectivity index (χ4n) is 2.94. The molecule has 0 aliphatic carbocycles. The Morgan fingerprint density at radius 1 is 1.03 bits per heavy atom. The third-order valence-corrected chi connectivity index (χ3v) is 4.24. The summed E-state index contributed by atoms with van der Waals surface area (Å²) in [4.78, 5) is 19.3. The largest absolute Gasteiger partial charge is 0.489 e. The van der Waals surface area contributed by atoms with Gasteiger partial charge in [-0.05, 0) is 24.1 Å². The van der Waals surface area contributed by atoms with Gasteiger partial charge in [-0.15, -0.1) is 0 Å². The van der Waals surface area contributed by atoms with Gasteiger partial charge in [0.05, 0.1) is 6.61 Å². The predicted molar refractivity (Wildman–Crippen MR) is 112 cm³/mol. The summed E-state index contributed by atoms with van der Waals surface area (Å²) in [6, 6.07) is 17.7. The van der Waals surface area contributed by atoms with Gasteiger partial charge in [-0.3, -0.25) is 0 Å². The number of nitrogens with one attached hydrogen (secondary N) is 1. The number of H-pyrrole nitrogens is 1. The van der Waals surface area contributed by atoms with Crippen molar-refractivity contribution in [3.63, 3.8) is 0 Å². The number of esters is 1. The van der Waals surface area contributed by atoms with Gasteiger partial charge in [0, 0.05) is 18.2 Å². The van der Waals surface area contributed by atoms with Crippen molar-refractivity contribution in [2.75, 3.05) is 6.61 Å². The van der Waals surface area contributed by atoms with E-state index in [1.165, 1.54) is 0 Å². The van der Waals surface area contributed by atoms with Gasteiger partial charge < -0.3 is 25.9 Å². The van der Waals surface area contributed by atoms with E-state index in [0.717, 1.165) is 22.4 Å². The molecule has 1 aromatic heterocycles. The molecule has 0 fully saturated rings. The van der Waals surface area contributed by atoms with Gasteiger partial charge in [0.25, 0.3) is 0 Å². The van der Waals surface area contributed by atoms with Crippen LogP contribution in [0.5, 0.6) is 5.75 Å². The average molecular weight is 392 g/mol. The zero-order valence-corrected chi connectivity index (χ0v) is 16.2. The maximum Gasteiger partial charge on any atom is 0.357 e. The number of rotatable bonds is 8. The van der Waals surface area contributed by atoms with Crippen LogP contribution in [0.4, 0.5) is 5.69 Å². The van der Waals surface area contributed by atoms with Crippen LogP contribution in [0.3, 0.4) is 0 Å². The monoisotopic (exact) mass is 392 g/mol. The van der Waals surface area contributed by atoms with E-state index in [0.29, 0.717) is 18.7 Å². The van der Waals surface area contributed by atoms with Gasteiger partial charge >= 0.3 is 5.97 Å². The highest BCUT2D eigenvalue weighted by molar-refractivity contribution is 5.95. The summed E-state index contributed by atoms with van der Waals surface area (Å²) in [5.41, 5.74) is 14.5. The molecule has 7 nitrogen and oxygen atoms in total. The molecule has 0 spiro atoms. The van der Waals surface area contributed by atoms with Crippen molar-refractivity contribution in [3.8, 4) is 5.75 Å². The molecule has 0 saturated heterocycles. The third kappa shape index (κ3) is 5.16. The summed E-state index contributed by atoms with van der Waals surface area (Å²) in [7, 11) is 0. The van der Waals surface area contributed by atoms with Crippen molar-refractivity contribution >= 4 is 17.6 Å². The van der Waals surface area contributed by atoms with E-state index in [9.17, 15) is 4.79 Å². The van der Waals surface area contributed by atoms with E-state index >= 15 is 0 Å². The number of hydrogen-bond acceptors (Lipinski definition) is 4. The lowest BCUT2D eigenvalue weighted by Gasteiger charge is -2.12. The number of benzene rings is 2. The summed E-state index contributed by atoms with van der Waals surface area (Å²) >= 11 is 0. The second-order valence-electron chi connectivity index (χ2n) is 6.35. The normalized spacial score (nSPS) is 10.4. The minimum absolute atomic E-state index is 0.134. The maximum absolute atomic E-state index is 12.2. The molecule has 0 radical (unpaired) electrons.